The number of pyridine rings is 1. The molecule has 2 N–H and O–H groups in total. The van der Waals surface area contributed by atoms with Crippen LogP contribution in [-0.2, 0) is 14.3 Å². The number of aliphatic carboxylic acids is 1. The number of ether oxygens (including phenoxy) is 1. The first-order valence-corrected chi connectivity index (χ1v) is 5.91. The van der Waals surface area contributed by atoms with Gasteiger partial charge in [-0.3, -0.25) is 4.79 Å². The van der Waals surface area contributed by atoms with E-state index in [1.165, 1.54) is 12.3 Å². The van der Waals surface area contributed by atoms with Crippen molar-refractivity contribution < 1.29 is 19.4 Å². The number of carbonyl (C=O) groups excluding carboxylic acids is 1. The second-order valence-electron chi connectivity index (χ2n) is 4.20. The first-order valence-electron chi connectivity index (χ1n) is 5.91. The zero-order valence-corrected chi connectivity index (χ0v) is 10.2. The number of carbonyl (C=O) groups is 2. The topological polar surface area (TPSA) is 88.5 Å². The molecule has 1 saturated heterocycles. The van der Waals surface area contributed by atoms with Crippen LogP contribution < -0.4 is 5.32 Å². The molecule has 0 aliphatic carbocycles. The predicted octanol–water partition coefficient (Wildman–Crippen LogP) is 1.15. The summed E-state index contributed by atoms with van der Waals surface area (Å²) in [7, 11) is 0. The van der Waals surface area contributed by atoms with Gasteiger partial charge in [0, 0.05) is 18.9 Å². The third-order valence-corrected chi connectivity index (χ3v) is 2.75. The first kappa shape index (κ1) is 13.2. The largest absolute Gasteiger partial charge is 0.478 e. The quantitative estimate of drug-likeness (QED) is 0.795. The zero-order valence-electron chi connectivity index (χ0n) is 10.2. The molecule has 2 rings (SSSR count). The molecule has 0 saturated carbocycles. The molecule has 6 heteroatoms. The Morgan fingerprint density at radius 2 is 2.37 bits per heavy atom. The minimum absolute atomic E-state index is 0.121. The standard InChI is InChI=1S/C13H14N2O4/c16-12(17)2-1-9-3-5-14-11(7-9)15-13(18)10-4-6-19-8-10/h1-3,5,7,10H,4,6,8H2,(H,16,17)(H,14,15,18)/b2-1+. The van der Waals surface area contributed by atoms with Gasteiger partial charge in [-0.15, -0.1) is 0 Å². The van der Waals surface area contributed by atoms with Crippen LogP contribution in [0.2, 0.25) is 0 Å². The zero-order chi connectivity index (χ0) is 13.7. The van der Waals surface area contributed by atoms with Crippen molar-refractivity contribution in [1.29, 1.82) is 0 Å². The summed E-state index contributed by atoms with van der Waals surface area (Å²) in [5.74, 6) is -0.876. The lowest BCUT2D eigenvalue weighted by Crippen LogP contribution is -2.23. The summed E-state index contributed by atoms with van der Waals surface area (Å²) >= 11 is 0. The summed E-state index contributed by atoms with van der Waals surface area (Å²) in [6.45, 7) is 1.04. The van der Waals surface area contributed by atoms with Crippen LogP contribution in [0.4, 0.5) is 5.82 Å². The molecule has 1 atom stereocenters. The maximum absolute atomic E-state index is 11.8. The van der Waals surface area contributed by atoms with Crippen molar-refractivity contribution in [2.45, 2.75) is 6.42 Å². The number of hydrogen-bond donors (Lipinski definition) is 2. The second kappa shape index (κ2) is 6.10. The lowest BCUT2D eigenvalue weighted by Gasteiger charge is -2.08. The van der Waals surface area contributed by atoms with E-state index in [0.717, 1.165) is 6.08 Å². The number of carboxylic acid groups (broad SMARTS) is 1. The van der Waals surface area contributed by atoms with Gasteiger partial charge in [-0.05, 0) is 30.2 Å². The van der Waals surface area contributed by atoms with Gasteiger partial charge in [0.15, 0.2) is 0 Å². The Morgan fingerprint density at radius 3 is 3.05 bits per heavy atom. The maximum Gasteiger partial charge on any atom is 0.328 e. The van der Waals surface area contributed by atoms with Crippen LogP contribution in [-0.4, -0.2) is 35.2 Å². The SMILES string of the molecule is O=C(O)/C=C/c1ccnc(NC(=O)C2CCOC2)c1. The monoisotopic (exact) mass is 262 g/mol. The molecular formula is C13H14N2O4. The van der Waals surface area contributed by atoms with Crippen LogP contribution in [0.25, 0.3) is 6.08 Å². The molecule has 0 aromatic carbocycles. The first-order chi connectivity index (χ1) is 9.15. The number of hydrogen-bond acceptors (Lipinski definition) is 4. The Kier molecular flexibility index (Phi) is 4.25. The third kappa shape index (κ3) is 3.89. The molecule has 1 aliphatic rings. The highest BCUT2D eigenvalue weighted by molar-refractivity contribution is 5.92. The molecule has 100 valence electrons. The molecule has 0 bridgehead atoms. The third-order valence-electron chi connectivity index (χ3n) is 2.75. The average Bonchev–Trinajstić information content (AvgIpc) is 2.91. The van der Waals surface area contributed by atoms with Crippen LogP contribution in [0.3, 0.4) is 0 Å². The summed E-state index contributed by atoms with van der Waals surface area (Å²) < 4.78 is 5.15. The molecular weight excluding hydrogens is 248 g/mol. The van der Waals surface area contributed by atoms with Crippen molar-refractivity contribution in [3.8, 4) is 0 Å². The van der Waals surface area contributed by atoms with Crippen molar-refractivity contribution in [2.75, 3.05) is 18.5 Å². The van der Waals surface area contributed by atoms with E-state index in [1.807, 2.05) is 0 Å². The predicted molar refractivity (Wildman–Crippen MR) is 68.5 cm³/mol. The van der Waals surface area contributed by atoms with E-state index in [-0.39, 0.29) is 11.8 Å². The van der Waals surface area contributed by atoms with E-state index in [2.05, 4.69) is 10.3 Å². The van der Waals surface area contributed by atoms with Gasteiger partial charge in [0.05, 0.1) is 12.5 Å². The van der Waals surface area contributed by atoms with Crippen LogP contribution in [0.1, 0.15) is 12.0 Å². The van der Waals surface area contributed by atoms with E-state index in [0.29, 0.717) is 31.0 Å². The number of rotatable bonds is 4. The van der Waals surface area contributed by atoms with Crippen molar-refractivity contribution in [2.24, 2.45) is 5.92 Å². The number of amides is 1. The molecule has 1 aliphatic heterocycles. The molecule has 0 spiro atoms. The molecule has 1 unspecified atom stereocenters. The molecule has 2 heterocycles. The fraction of sp³-hybridized carbons (Fsp3) is 0.308. The van der Waals surface area contributed by atoms with Gasteiger partial charge < -0.3 is 15.2 Å². The van der Waals surface area contributed by atoms with Crippen molar-refractivity contribution >= 4 is 23.8 Å². The lowest BCUT2D eigenvalue weighted by molar-refractivity contribution is -0.131. The Hall–Kier alpha value is -2.21. The molecule has 1 fully saturated rings. The van der Waals surface area contributed by atoms with Gasteiger partial charge in [0.1, 0.15) is 5.82 Å². The normalized spacial score (nSPS) is 18.6. The Bertz CT molecular complexity index is 507. The van der Waals surface area contributed by atoms with E-state index in [9.17, 15) is 9.59 Å². The molecule has 6 nitrogen and oxygen atoms in total. The van der Waals surface area contributed by atoms with Crippen molar-refractivity contribution in [1.82, 2.24) is 4.98 Å². The minimum atomic E-state index is -1.02. The average molecular weight is 262 g/mol. The minimum Gasteiger partial charge on any atom is -0.478 e. The van der Waals surface area contributed by atoms with Crippen LogP contribution in [0.15, 0.2) is 24.4 Å². The fourth-order valence-corrected chi connectivity index (χ4v) is 1.76. The van der Waals surface area contributed by atoms with Crippen molar-refractivity contribution in [3.63, 3.8) is 0 Å². The molecule has 19 heavy (non-hydrogen) atoms. The van der Waals surface area contributed by atoms with E-state index < -0.39 is 5.97 Å². The summed E-state index contributed by atoms with van der Waals surface area (Å²) in [6.07, 6.45) is 4.71. The van der Waals surface area contributed by atoms with E-state index in [4.69, 9.17) is 9.84 Å². The van der Waals surface area contributed by atoms with E-state index >= 15 is 0 Å². The van der Waals surface area contributed by atoms with Gasteiger partial charge in [-0.25, -0.2) is 9.78 Å². The fourth-order valence-electron chi connectivity index (χ4n) is 1.76. The number of nitrogens with zero attached hydrogens (tertiary/aromatic N) is 1. The van der Waals surface area contributed by atoms with Gasteiger partial charge in [0.2, 0.25) is 5.91 Å². The van der Waals surface area contributed by atoms with Gasteiger partial charge in [0.25, 0.3) is 0 Å². The Morgan fingerprint density at radius 1 is 1.53 bits per heavy atom. The van der Waals surface area contributed by atoms with Gasteiger partial charge in [-0.2, -0.15) is 0 Å². The summed E-state index contributed by atoms with van der Waals surface area (Å²) in [6, 6.07) is 3.28. The molecule has 1 amide bonds. The number of anilines is 1. The van der Waals surface area contributed by atoms with Gasteiger partial charge >= 0.3 is 5.97 Å². The van der Waals surface area contributed by atoms with Gasteiger partial charge in [-0.1, -0.05) is 0 Å². The van der Waals surface area contributed by atoms with E-state index in [1.54, 1.807) is 12.1 Å². The Balaban J connectivity index is 2.02. The highest BCUT2D eigenvalue weighted by Gasteiger charge is 2.23. The van der Waals surface area contributed by atoms with Crippen LogP contribution >= 0.6 is 0 Å². The summed E-state index contributed by atoms with van der Waals surface area (Å²) in [5, 5.41) is 11.2. The molecule has 1 aromatic rings. The summed E-state index contributed by atoms with van der Waals surface area (Å²) in [5.41, 5.74) is 0.662. The highest BCUT2D eigenvalue weighted by atomic mass is 16.5. The smallest absolute Gasteiger partial charge is 0.328 e. The number of aromatic nitrogens is 1. The Labute approximate surface area is 110 Å². The van der Waals surface area contributed by atoms with Crippen LogP contribution in [0.5, 0.6) is 0 Å². The lowest BCUT2D eigenvalue weighted by atomic mass is 10.1. The maximum atomic E-state index is 11.8. The molecule has 0 radical (unpaired) electrons. The molecule has 1 aromatic heterocycles. The summed E-state index contributed by atoms with van der Waals surface area (Å²) in [4.78, 5) is 26.3. The second-order valence-corrected chi connectivity index (χ2v) is 4.20. The highest BCUT2D eigenvalue weighted by Crippen LogP contribution is 2.15. The van der Waals surface area contributed by atoms with Crippen LogP contribution in [0, 0.1) is 5.92 Å². The van der Waals surface area contributed by atoms with Crippen molar-refractivity contribution in [3.05, 3.63) is 30.0 Å². The number of nitrogens with one attached hydrogen (secondary N) is 1. The number of carboxylic acids is 1.